The molecule has 0 aromatic carbocycles. The first-order valence-electron chi connectivity index (χ1n) is 14.1. The maximum absolute atomic E-state index is 6.85. The van der Waals surface area contributed by atoms with Gasteiger partial charge in [-0.05, 0) is 76.9 Å². The monoisotopic (exact) mass is 464 g/mol. The average Bonchev–Trinajstić information content (AvgIpc) is 2.72. The van der Waals surface area contributed by atoms with Gasteiger partial charge < -0.3 is 4.43 Å². The first kappa shape index (κ1) is 31.7. The van der Waals surface area contributed by atoms with Crippen LogP contribution in [0.2, 0.25) is 18.1 Å². The lowest BCUT2D eigenvalue weighted by molar-refractivity contribution is 0.154. The van der Waals surface area contributed by atoms with E-state index in [2.05, 4.69) is 72.9 Å². The standard InChI is InChI=1S/C30H60OSi/c1-9-11-12-13-20-23-26-29(31-32(7,8)30(4,5)6)27-24-21-18-16-14-15-17-19-22-25-28(3)10-2/h10-12,29H,9,13-27H2,1-8H3/b12-11-,28-10+. The zero-order chi connectivity index (χ0) is 24.3. The predicted octanol–water partition coefficient (Wildman–Crippen LogP) is 11.2. The largest absolute Gasteiger partial charge is 0.414 e. The van der Waals surface area contributed by atoms with Crippen molar-refractivity contribution in [2.45, 2.75) is 169 Å². The van der Waals surface area contributed by atoms with Gasteiger partial charge in [0.1, 0.15) is 0 Å². The van der Waals surface area contributed by atoms with Crippen LogP contribution in [0.25, 0.3) is 0 Å². The van der Waals surface area contributed by atoms with Crippen LogP contribution in [0.5, 0.6) is 0 Å². The Morgan fingerprint density at radius 2 is 1.28 bits per heavy atom. The fraction of sp³-hybridized carbons (Fsp3) is 0.867. The number of allylic oxidation sites excluding steroid dienone is 4. The Labute approximate surface area is 205 Å². The quantitative estimate of drug-likeness (QED) is 0.0988. The van der Waals surface area contributed by atoms with Gasteiger partial charge in [-0.1, -0.05) is 109 Å². The fourth-order valence-electron chi connectivity index (χ4n) is 3.93. The zero-order valence-electron chi connectivity index (χ0n) is 23.5. The van der Waals surface area contributed by atoms with Gasteiger partial charge in [0, 0.05) is 6.10 Å². The van der Waals surface area contributed by atoms with Crippen LogP contribution in [0.15, 0.2) is 23.8 Å². The summed E-state index contributed by atoms with van der Waals surface area (Å²) >= 11 is 0. The third-order valence-corrected chi connectivity index (χ3v) is 11.9. The van der Waals surface area contributed by atoms with Crippen LogP contribution in [-0.2, 0) is 4.43 Å². The van der Waals surface area contributed by atoms with Crippen LogP contribution in [0.1, 0.15) is 144 Å². The third-order valence-electron chi connectivity index (χ3n) is 7.41. The first-order valence-corrected chi connectivity index (χ1v) is 17.0. The SMILES string of the molecule is C/C=C(\C)CCCCCCCCCCCC(CCCC/C=C\CC)O[Si](C)(C)C(C)(C)C. The summed E-state index contributed by atoms with van der Waals surface area (Å²) in [6.07, 6.45) is 28.8. The summed E-state index contributed by atoms with van der Waals surface area (Å²) in [6.45, 7) is 18.6. The highest BCUT2D eigenvalue weighted by Crippen LogP contribution is 2.38. The normalized spacial score (nSPS) is 14.4. The van der Waals surface area contributed by atoms with Crippen LogP contribution in [0.3, 0.4) is 0 Å². The van der Waals surface area contributed by atoms with Crippen molar-refractivity contribution >= 4 is 8.32 Å². The molecular formula is C30H60OSi. The number of hydrogen-bond acceptors (Lipinski definition) is 1. The van der Waals surface area contributed by atoms with Gasteiger partial charge in [0.05, 0.1) is 0 Å². The van der Waals surface area contributed by atoms with Gasteiger partial charge in [-0.25, -0.2) is 0 Å². The highest BCUT2D eigenvalue weighted by atomic mass is 28.4. The van der Waals surface area contributed by atoms with E-state index in [0.29, 0.717) is 11.1 Å². The molecule has 0 radical (unpaired) electrons. The number of rotatable bonds is 20. The van der Waals surface area contributed by atoms with E-state index in [4.69, 9.17) is 4.43 Å². The summed E-state index contributed by atoms with van der Waals surface area (Å²) in [5.74, 6) is 0. The topological polar surface area (TPSA) is 9.23 Å². The second-order valence-electron chi connectivity index (χ2n) is 11.5. The maximum Gasteiger partial charge on any atom is 0.192 e. The molecule has 0 fully saturated rings. The van der Waals surface area contributed by atoms with E-state index in [9.17, 15) is 0 Å². The van der Waals surface area contributed by atoms with Crippen LogP contribution in [0, 0.1) is 0 Å². The van der Waals surface area contributed by atoms with Gasteiger partial charge in [-0.15, -0.1) is 0 Å². The minimum absolute atomic E-state index is 0.306. The van der Waals surface area contributed by atoms with Crippen molar-refractivity contribution in [1.29, 1.82) is 0 Å². The molecule has 0 heterocycles. The molecule has 1 nitrogen and oxygen atoms in total. The molecule has 0 spiro atoms. The molecule has 0 aromatic rings. The molecule has 0 bridgehead atoms. The fourth-order valence-corrected chi connectivity index (χ4v) is 5.35. The third kappa shape index (κ3) is 17.2. The van der Waals surface area contributed by atoms with E-state index in [1.165, 1.54) is 96.3 Å². The molecule has 0 aliphatic heterocycles. The maximum atomic E-state index is 6.85. The van der Waals surface area contributed by atoms with Crippen LogP contribution >= 0.6 is 0 Å². The molecule has 0 N–H and O–H groups in total. The van der Waals surface area contributed by atoms with Gasteiger partial charge in [0.15, 0.2) is 8.32 Å². The summed E-state index contributed by atoms with van der Waals surface area (Å²) < 4.78 is 6.85. The van der Waals surface area contributed by atoms with Crippen molar-refractivity contribution < 1.29 is 4.43 Å². The van der Waals surface area contributed by atoms with Crippen molar-refractivity contribution in [3.8, 4) is 0 Å². The van der Waals surface area contributed by atoms with Crippen LogP contribution in [0.4, 0.5) is 0 Å². The van der Waals surface area contributed by atoms with E-state index in [1.807, 2.05) is 0 Å². The van der Waals surface area contributed by atoms with Crippen LogP contribution in [-0.4, -0.2) is 14.4 Å². The second kappa shape index (κ2) is 19.0. The molecule has 32 heavy (non-hydrogen) atoms. The molecule has 0 aromatic heterocycles. The minimum Gasteiger partial charge on any atom is -0.414 e. The Kier molecular flexibility index (Phi) is 18.8. The van der Waals surface area contributed by atoms with E-state index in [0.717, 1.165) is 6.42 Å². The van der Waals surface area contributed by atoms with Crippen molar-refractivity contribution in [2.75, 3.05) is 0 Å². The second-order valence-corrected chi connectivity index (χ2v) is 16.3. The molecular weight excluding hydrogens is 404 g/mol. The first-order chi connectivity index (χ1) is 15.1. The van der Waals surface area contributed by atoms with Gasteiger partial charge >= 0.3 is 0 Å². The Balaban J connectivity index is 4.08. The summed E-state index contributed by atoms with van der Waals surface area (Å²) in [6, 6.07) is 0. The number of hydrogen-bond donors (Lipinski definition) is 0. The summed E-state index contributed by atoms with van der Waals surface area (Å²) in [5, 5.41) is 0.306. The zero-order valence-corrected chi connectivity index (χ0v) is 24.5. The average molecular weight is 465 g/mol. The molecule has 0 saturated carbocycles. The van der Waals surface area contributed by atoms with Gasteiger partial charge in [-0.3, -0.25) is 0 Å². The lowest BCUT2D eigenvalue weighted by Gasteiger charge is -2.39. The van der Waals surface area contributed by atoms with Gasteiger partial charge in [0.25, 0.3) is 0 Å². The van der Waals surface area contributed by atoms with Gasteiger partial charge in [0.2, 0.25) is 0 Å². The van der Waals surface area contributed by atoms with E-state index in [-0.39, 0.29) is 0 Å². The summed E-state index contributed by atoms with van der Waals surface area (Å²) in [7, 11) is -1.67. The molecule has 0 amide bonds. The minimum atomic E-state index is -1.67. The van der Waals surface area contributed by atoms with E-state index in [1.54, 1.807) is 5.57 Å². The predicted molar refractivity (Wildman–Crippen MR) is 150 cm³/mol. The molecule has 0 rings (SSSR count). The summed E-state index contributed by atoms with van der Waals surface area (Å²) in [4.78, 5) is 0. The molecule has 1 atom stereocenters. The molecule has 190 valence electrons. The Bertz CT molecular complexity index is 484. The number of unbranched alkanes of at least 4 members (excludes halogenated alkanes) is 10. The Hall–Kier alpha value is -0.343. The molecule has 0 aliphatic carbocycles. The van der Waals surface area contributed by atoms with Crippen molar-refractivity contribution in [1.82, 2.24) is 0 Å². The Morgan fingerprint density at radius 3 is 1.78 bits per heavy atom. The molecule has 1 unspecified atom stereocenters. The van der Waals surface area contributed by atoms with Crippen molar-refractivity contribution in [3.05, 3.63) is 23.8 Å². The molecule has 0 saturated heterocycles. The highest BCUT2D eigenvalue weighted by molar-refractivity contribution is 6.74. The van der Waals surface area contributed by atoms with Crippen molar-refractivity contribution in [2.24, 2.45) is 0 Å². The Morgan fingerprint density at radius 1 is 0.781 bits per heavy atom. The summed E-state index contributed by atoms with van der Waals surface area (Å²) in [5.41, 5.74) is 1.55. The highest BCUT2D eigenvalue weighted by Gasteiger charge is 2.38. The molecule has 0 aliphatic rings. The van der Waals surface area contributed by atoms with E-state index >= 15 is 0 Å². The lowest BCUT2D eigenvalue weighted by Crippen LogP contribution is -2.44. The smallest absolute Gasteiger partial charge is 0.192 e. The van der Waals surface area contributed by atoms with Crippen molar-refractivity contribution in [3.63, 3.8) is 0 Å². The molecule has 2 heteroatoms. The lowest BCUT2D eigenvalue weighted by atomic mass is 10.0. The van der Waals surface area contributed by atoms with Crippen LogP contribution < -0.4 is 0 Å². The van der Waals surface area contributed by atoms with Gasteiger partial charge in [-0.2, -0.15) is 0 Å². The van der Waals surface area contributed by atoms with E-state index < -0.39 is 8.32 Å².